The molecular formula is C50H79N3O16P2. The van der Waals surface area contributed by atoms with Crippen molar-refractivity contribution in [1.29, 1.82) is 0 Å². The van der Waals surface area contributed by atoms with Crippen LogP contribution in [0.1, 0.15) is 142 Å². The monoisotopic (exact) mass is 1040 g/mol. The molecule has 0 saturated carbocycles. The van der Waals surface area contributed by atoms with Gasteiger partial charge in [0.25, 0.3) is 0 Å². The van der Waals surface area contributed by atoms with Gasteiger partial charge in [-0.2, -0.15) is 9.29 Å². The van der Waals surface area contributed by atoms with Gasteiger partial charge in [-0.25, -0.2) is 13.9 Å². The molecule has 1 aromatic rings. The van der Waals surface area contributed by atoms with Crippen LogP contribution in [0.2, 0.25) is 0 Å². The molecule has 71 heavy (non-hydrogen) atoms. The summed E-state index contributed by atoms with van der Waals surface area (Å²) < 4.78 is 56.6. The summed E-state index contributed by atoms with van der Waals surface area (Å²) >= 11 is 0. The molecule has 7 N–H and O–H groups in total. The highest BCUT2D eigenvalue weighted by molar-refractivity contribution is 7.61. The van der Waals surface area contributed by atoms with Crippen LogP contribution in [0.5, 0.6) is 0 Å². The summed E-state index contributed by atoms with van der Waals surface area (Å²) in [6.45, 7) is 1.90. The fourth-order valence-electron chi connectivity index (χ4n) is 6.63. The molecule has 8 atom stereocenters. The topological polar surface area (TPSA) is 286 Å². The first-order valence-electron chi connectivity index (χ1n) is 24.7. The van der Waals surface area contributed by atoms with Crippen LogP contribution in [-0.4, -0.2) is 96.9 Å². The van der Waals surface area contributed by atoms with Crippen LogP contribution in [0.4, 0.5) is 5.82 Å². The normalized spacial score (nSPS) is 20.3. The number of phosphoric acid groups is 2. The van der Waals surface area contributed by atoms with Crippen LogP contribution >= 0.6 is 15.6 Å². The lowest BCUT2D eigenvalue weighted by Crippen LogP contribution is -2.36. The van der Waals surface area contributed by atoms with Gasteiger partial charge in [-0.1, -0.05) is 125 Å². The number of carbonyl (C=O) groups excluding carboxylic acids is 2. The molecule has 1 aromatic heterocycles. The summed E-state index contributed by atoms with van der Waals surface area (Å²) in [5.74, 6) is -1.47. The van der Waals surface area contributed by atoms with Crippen molar-refractivity contribution in [2.75, 3.05) is 25.6 Å². The molecule has 2 heterocycles. The van der Waals surface area contributed by atoms with Gasteiger partial charge in [0.1, 0.15) is 30.7 Å². The minimum atomic E-state index is -5.46. The van der Waals surface area contributed by atoms with Crippen molar-refractivity contribution in [3.63, 3.8) is 0 Å². The van der Waals surface area contributed by atoms with Gasteiger partial charge in [0.05, 0.1) is 19.3 Å². The van der Waals surface area contributed by atoms with Gasteiger partial charge in [0.2, 0.25) is 0 Å². The summed E-state index contributed by atoms with van der Waals surface area (Å²) in [5, 5.41) is 31.0. The van der Waals surface area contributed by atoms with Crippen molar-refractivity contribution in [2.24, 2.45) is 0 Å². The van der Waals surface area contributed by atoms with Crippen molar-refractivity contribution < 1.29 is 71.4 Å². The third kappa shape index (κ3) is 30.5. The van der Waals surface area contributed by atoms with Crippen molar-refractivity contribution in [2.45, 2.75) is 173 Å². The molecule has 0 bridgehead atoms. The number of unbranched alkanes of at least 4 members (excludes halogenated alkanes) is 9. The maximum atomic E-state index is 12.8. The molecule has 0 amide bonds. The number of ether oxygens (including phenoxy) is 3. The number of nitrogen functional groups attached to an aromatic ring is 1. The second-order valence-corrected chi connectivity index (χ2v) is 19.8. The van der Waals surface area contributed by atoms with Crippen LogP contribution in [-0.2, 0) is 46.3 Å². The molecule has 0 spiro atoms. The molecule has 1 aliphatic rings. The van der Waals surface area contributed by atoms with E-state index in [-0.39, 0.29) is 18.7 Å². The fraction of sp³-hybridized carbons (Fsp3) is 0.600. The Balaban J connectivity index is 1.87. The Morgan fingerprint density at radius 3 is 1.94 bits per heavy atom. The minimum absolute atomic E-state index is 0.00415. The average Bonchev–Trinajstić information content (AvgIpc) is 3.60. The number of carbonyl (C=O) groups is 2. The van der Waals surface area contributed by atoms with Gasteiger partial charge in [-0.05, 0) is 89.5 Å². The van der Waals surface area contributed by atoms with E-state index in [1.165, 1.54) is 38.2 Å². The Labute approximate surface area is 419 Å². The maximum Gasteiger partial charge on any atom is 0.481 e. The second kappa shape index (κ2) is 37.6. The number of anilines is 1. The summed E-state index contributed by atoms with van der Waals surface area (Å²) in [6.07, 6.45) is 35.6. The zero-order valence-electron chi connectivity index (χ0n) is 41.4. The molecule has 2 unspecified atom stereocenters. The smallest absolute Gasteiger partial charge is 0.462 e. The van der Waals surface area contributed by atoms with Crippen LogP contribution in [0.25, 0.3) is 0 Å². The number of rotatable bonds is 39. The van der Waals surface area contributed by atoms with Crippen molar-refractivity contribution in [3.8, 4) is 0 Å². The van der Waals surface area contributed by atoms with Crippen LogP contribution in [0.15, 0.2) is 102 Å². The molecular weight excluding hydrogens is 961 g/mol. The Kier molecular flexibility index (Phi) is 33.4. The number of aliphatic hydroxyl groups excluding tert-OH is 3. The van der Waals surface area contributed by atoms with Crippen LogP contribution in [0.3, 0.4) is 0 Å². The highest BCUT2D eigenvalue weighted by atomic mass is 31.3. The first kappa shape index (κ1) is 63.0. The van der Waals surface area contributed by atoms with Crippen molar-refractivity contribution in [3.05, 3.63) is 108 Å². The zero-order valence-corrected chi connectivity index (χ0v) is 43.1. The lowest BCUT2D eigenvalue weighted by atomic mass is 10.1. The van der Waals surface area contributed by atoms with E-state index < -0.39 is 89.8 Å². The third-order valence-corrected chi connectivity index (χ3v) is 13.1. The summed E-state index contributed by atoms with van der Waals surface area (Å²) in [4.78, 5) is 61.8. The van der Waals surface area contributed by atoms with E-state index in [0.717, 1.165) is 49.3 Å². The molecule has 1 saturated heterocycles. The molecule has 0 radical (unpaired) electrons. The van der Waals surface area contributed by atoms with E-state index >= 15 is 0 Å². The fourth-order valence-corrected chi connectivity index (χ4v) is 8.74. The number of nitrogens with zero attached hydrogens (tertiary/aromatic N) is 2. The van der Waals surface area contributed by atoms with Gasteiger partial charge in [0, 0.05) is 19.0 Å². The molecule has 0 aliphatic carbocycles. The Morgan fingerprint density at radius 1 is 0.746 bits per heavy atom. The minimum Gasteiger partial charge on any atom is -0.462 e. The molecule has 1 fully saturated rings. The largest absolute Gasteiger partial charge is 0.481 e. The van der Waals surface area contributed by atoms with E-state index in [4.69, 9.17) is 29.0 Å². The number of aromatic nitrogens is 2. The van der Waals surface area contributed by atoms with E-state index in [9.17, 15) is 48.6 Å². The molecule has 1 aliphatic heterocycles. The number of nitrogens with two attached hydrogens (primary N) is 1. The number of esters is 2. The molecule has 19 nitrogen and oxygen atoms in total. The number of hydrogen-bond donors (Lipinski definition) is 6. The lowest BCUT2D eigenvalue weighted by molar-refractivity contribution is -0.161. The molecule has 0 aromatic carbocycles. The number of aliphatic hydroxyl groups is 3. The lowest BCUT2D eigenvalue weighted by Gasteiger charge is -2.21. The van der Waals surface area contributed by atoms with E-state index in [2.05, 4.69) is 53.5 Å². The first-order valence-corrected chi connectivity index (χ1v) is 27.7. The Bertz CT molecular complexity index is 2040. The maximum absolute atomic E-state index is 12.8. The first-order chi connectivity index (χ1) is 34.1. The molecule has 2 rings (SSSR count). The van der Waals surface area contributed by atoms with E-state index in [1.807, 2.05) is 48.6 Å². The average molecular weight is 1040 g/mol. The van der Waals surface area contributed by atoms with Crippen molar-refractivity contribution >= 4 is 33.4 Å². The quantitative estimate of drug-likeness (QED) is 0.0118. The Morgan fingerprint density at radius 2 is 1.31 bits per heavy atom. The summed E-state index contributed by atoms with van der Waals surface area (Å²) in [5.41, 5.74) is 4.57. The van der Waals surface area contributed by atoms with Crippen LogP contribution < -0.4 is 11.4 Å². The molecule has 400 valence electrons. The van der Waals surface area contributed by atoms with Crippen LogP contribution in [0, 0.1) is 0 Å². The highest BCUT2D eigenvalue weighted by Crippen LogP contribution is 2.60. The van der Waals surface area contributed by atoms with E-state index in [1.54, 1.807) is 6.08 Å². The standard InChI is InChI=1S/C50H79N3O16P2/c1-3-5-7-9-11-12-13-14-15-16-17-18-22-27-31-35-46(56)67-42(38-64-45(55)34-30-26-23-19-21-25-29-33-41(54)32-28-24-20-10-8-6-4-2)39-65-70(60,61)69-71(62,63)66-40-43-47(57)48(58)49(68-43)53-37-36-44(51)52-50(53)59/h11-12,14-15,17-20,23-25,28-29,32,36-37,41-43,47-49,54,57-58H,3-10,13,16,21-22,26-27,30-31,33-35,38-40H2,1-2H3,(H,60,61)(H,62,63)(H2,51,52,59)/b12-11-,15-14-,18-17-,23-19+,24-20-,29-25-,32-28-/t41-,42-,43-,47-,48-,49-/m1/s1. The van der Waals surface area contributed by atoms with Gasteiger partial charge in [-0.3, -0.25) is 23.2 Å². The van der Waals surface area contributed by atoms with Gasteiger partial charge in [0.15, 0.2) is 12.3 Å². The van der Waals surface area contributed by atoms with Gasteiger partial charge >= 0.3 is 33.3 Å². The van der Waals surface area contributed by atoms with E-state index in [0.29, 0.717) is 38.5 Å². The van der Waals surface area contributed by atoms with Crippen molar-refractivity contribution in [1.82, 2.24) is 9.55 Å². The molecule has 21 heteroatoms. The predicted molar refractivity (Wildman–Crippen MR) is 271 cm³/mol. The second-order valence-electron chi connectivity index (χ2n) is 16.8. The highest BCUT2D eigenvalue weighted by Gasteiger charge is 2.46. The van der Waals surface area contributed by atoms with Gasteiger partial charge in [-0.15, -0.1) is 0 Å². The number of hydrogen-bond acceptors (Lipinski definition) is 16. The Hall–Kier alpha value is -4.10. The predicted octanol–water partition coefficient (Wildman–Crippen LogP) is 8.86. The zero-order chi connectivity index (χ0) is 52.2. The summed E-state index contributed by atoms with van der Waals surface area (Å²) in [6, 6.07) is 1.24. The third-order valence-electron chi connectivity index (χ3n) is 10.5. The van der Waals surface area contributed by atoms with Gasteiger partial charge < -0.3 is 45.1 Å². The number of phosphoric ester groups is 2. The SMILES string of the molecule is CCCCC/C=C\C=C/[C@@H](O)C/C=C\C/C=C/CCCC(=O)OC[C@H](COP(=O)(O)OP(=O)(O)OC[C@H]1O[C@@H](n2ccc(N)nc2=O)[C@H](O)[C@@H]1O)OC(=O)CCCC/C=C\C/C=C\C/C=C\CCCCC. The summed E-state index contributed by atoms with van der Waals surface area (Å²) in [7, 11) is -10.9. The number of allylic oxidation sites excluding steroid dienone is 12.